The van der Waals surface area contributed by atoms with Crippen LogP contribution in [0.5, 0.6) is 0 Å². The molecule has 7 atom stereocenters. The summed E-state index contributed by atoms with van der Waals surface area (Å²) < 4.78 is 19.0. The van der Waals surface area contributed by atoms with Crippen LogP contribution >= 0.6 is 18.9 Å². The molecule has 2 aliphatic rings. The van der Waals surface area contributed by atoms with Gasteiger partial charge in [-0.25, -0.2) is 0 Å². The van der Waals surface area contributed by atoms with Crippen LogP contribution in [-0.2, 0) is 13.8 Å². The van der Waals surface area contributed by atoms with Crippen LogP contribution in [0.25, 0.3) is 0 Å². The van der Waals surface area contributed by atoms with E-state index >= 15 is 0 Å². The molecule has 2 N–H and O–H groups in total. The summed E-state index contributed by atoms with van der Waals surface area (Å²) in [6.07, 6.45) is 15.1. The monoisotopic (exact) mass is 434 g/mol. The van der Waals surface area contributed by atoms with Crippen molar-refractivity contribution in [2.45, 2.75) is 95.4 Å². The van der Waals surface area contributed by atoms with Crippen LogP contribution in [0.1, 0.15) is 77.0 Å². The molecule has 162 valence electrons. The second-order valence-electron chi connectivity index (χ2n) is 8.43. The van der Waals surface area contributed by atoms with Gasteiger partial charge in [0.15, 0.2) is 0 Å². The Morgan fingerprint density at radius 2 is 2.04 bits per heavy atom. The van der Waals surface area contributed by atoms with Crippen molar-refractivity contribution >= 4 is 24.8 Å². The first kappa shape index (κ1) is 22.6. The normalized spacial score (nSPS) is 31.0. The predicted molar refractivity (Wildman–Crippen MR) is 118 cm³/mol. The van der Waals surface area contributed by atoms with Crippen LogP contribution in [0.4, 0.5) is 0 Å². The molecular weight excluding hydrogens is 394 g/mol. The zero-order valence-corrected chi connectivity index (χ0v) is 19.0. The molecular formula is C21H38O5P2. The molecule has 0 spiro atoms. The van der Waals surface area contributed by atoms with Gasteiger partial charge in [0.2, 0.25) is 0 Å². The van der Waals surface area contributed by atoms with E-state index in [-0.39, 0.29) is 39.9 Å². The topological polar surface area (TPSA) is 76.0 Å². The van der Waals surface area contributed by atoms with Crippen molar-refractivity contribution in [3.63, 3.8) is 0 Å². The van der Waals surface area contributed by atoms with Gasteiger partial charge in [-0.1, -0.05) is 31.4 Å². The maximum absolute atomic E-state index is 10.6. The molecule has 0 aromatic carbocycles. The second kappa shape index (κ2) is 13.3. The lowest BCUT2D eigenvalue weighted by molar-refractivity contribution is -0.137. The summed E-state index contributed by atoms with van der Waals surface area (Å²) in [4.78, 5) is 10.6. The standard InChI is InChI=1S/C21H38O5P2/c22-18-14-20(26-28)17(16(18)10-6-1-2-7-11-21(23)24)12-13-19(25-27)15-8-4-3-5-9-15/h1,6,15-20,22H,2-5,7-14,27-28H2,(H,23,24)/b6-1-/t16-,17-,18+,19-,20-/m1/s1/i28T/t16-,17-,18+,19-,20-,28?. The molecule has 0 amide bonds. The van der Waals surface area contributed by atoms with Gasteiger partial charge in [-0.3, -0.25) is 4.79 Å². The molecule has 2 fully saturated rings. The fraction of sp³-hybridized carbons (Fsp3) is 0.857. The molecule has 2 unspecified atom stereocenters. The van der Waals surface area contributed by atoms with E-state index in [2.05, 4.69) is 15.5 Å². The van der Waals surface area contributed by atoms with Gasteiger partial charge in [-0.15, -0.1) is 0 Å². The number of allylic oxidation sites excluding steroid dienone is 2. The maximum atomic E-state index is 10.6. The number of hydrogen-bond acceptors (Lipinski definition) is 4. The van der Waals surface area contributed by atoms with Crippen molar-refractivity contribution in [1.82, 2.24) is 0 Å². The Morgan fingerprint density at radius 1 is 1.25 bits per heavy atom. The third-order valence-electron chi connectivity index (χ3n) is 6.62. The summed E-state index contributed by atoms with van der Waals surface area (Å²) in [6, 6.07) is 0. The van der Waals surface area contributed by atoms with Gasteiger partial charge in [0, 0.05) is 31.7 Å². The summed E-state index contributed by atoms with van der Waals surface area (Å²) in [5, 5.41) is 19.3. The number of aliphatic carboxylic acids is 1. The first-order valence-corrected chi connectivity index (χ1v) is 11.7. The Labute approximate surface area is 175 Å². The van der Waals surface area contributed by atoms with Gasteiger partial charge >= 0.3 is 5.97 Å². The quantitative estimate of drug-likeness (QED) is 0.245. The molecule has 0 aromatic rings. The van der Waals surface area contributed by atoms with Gasteiger partial charge in [0.05, 0.1) is 19.6 Å². The highest BCUT2D eigenvalue weighted by molar-refractivity contribution is 7.10. The smallest absolute Gasteiger partial charge is 0.303 e. The zero-order chi connectivity index (χ0) is 21.1. The minimum absolute atomic E-state index is 0.0530. The van der Waals surface area contributed by atoms with Gasteiger partial charge in [-0.2, -0.15) is 0 Å². The highest BCUT2D eigenvalue weighted by Gasteiger charge is 2.42. The number of carboxylic acid groups (broad SMARTS) is 1. The minimum Gasteiger partial charge on any atom is -0.481 e. The lowest BCUT2D eigenvalue weighted by atomic mass is 9.80. The predicted octanol–water partition coefficient (Wildman–Crippen LogP) is 4.90. The Hall–Kier alpha value is -0.0500. The second-order valence-corrected chi connectivity index (χ2v) is 8.94. The van der Waals surface area contributed by atoms with Gasteiger partial charge in [0.1, 0.15) is 0 Å². The molecule has 0 bridgehead atoms. The maximum Gasteiger partial charge on any atom is 0.303 e. The van der Waals surface area contributed by atoms with Crippen LogP contribution in [0, 0.1) is 17.8 Å². The average molecular weight is 434 g/mol. The fourth-order valence-corrected chi connectivity index (χ4v) is 5.67. The Kier molecular flexibility index (Phi) is 10.7. The number of unbranched alkanes of at least 4 members (excludes halogenated alkanes) is 1. The Balaban J connectivity index is 1.89. The molecule has 5 nitrogen and oxygen atoms in total. The average Bonchev–Trinajstić information content (AvgIpc) is 3.00. The molecule has 0 aromatic heterocycles. The molecule has 0 aliphatic heterocycles. The van der Waals surface area contributed by atoms with Gasteiger partial charge in [-0.05, 0) is 62.7 Å². The lowest BCUT2D eigenvalue weighted by Gasteiger charge is -2.31. The number of carboxylic acids is 1. The van der Waals surface area contributed by atoms with E-state index in [9.17, 15) is 9.90 Å². The molecule has 0 radical (unpaired) electrons. The molecule has 0 saturated heterocycles. The van der Waals surface area contributed by atoms with Crippen molar-refractivity contribution in [2.24, 2.45) is 17.8 Å². The Bertz CT molecular complexity index is 501. The van der Waals surface area contributed by atoms with Crippen LogP contribution in [0.3, 0.4) is 0 Å². The minimum atomic E-state index is -0.760. The molecule has 28 heavy (non-hydrogen) atoms. The number of aliphatic hydroxyl groups is 1. The molecule has 2 aliphatic carbocycles. The number of rotatable bonds is 13. The number of carbonyl (C=O) groups is 1. The number of aliphatic hydroxyl groups excluding tert-OH is 1. The van der Waals surface area contributed by atoms with Crippen molar-refractivity contribution < 1.29 is 24.1 Å². The van der Waals surface area contributed by atoms with E-state index in [1.807, 2.05) is 6.08 Å². The van der Waals surface area contributed by atoms with Crippen LogP contribution in [0.15, 0.2) is 12.2 Å². The number of hydrogen-bond donors (Lipinski definition) is 2. The first-order chi connectivity index (χ1) is 14.1. The van der Waals surface area contributed by atoms with E-state index in [0.717, 1.165) is 25.7 Å². The third-order valence-corrected chi connectivity index (χ3v) is 7.27. The van der Waals surface area contributed by atoms with Gasteiger partial charge in [0.25, 0.3) is 0 Å². The fourth-order valence-electron chi connectivity index (χ4n) is 5.04. The highest BCUT2D eigenvalue weighted by Crippen LogP contribution is 2.42. The summed E-state index contributed by atoms with van der Waals surface area (Å²) in [5.74, 6) is 0.226. The first-order valence-electron chi connectivity index (χ1n) is 11.3. The van der Waals surface area contributed by atoms with Crippen molar-refractivity contribution in [1.29, 1.82) is 1.28 Å². The van der Waals surface area contributed by atoms with E-state index in [4.69, 9.17) is 15.4 Å². The van der Waals surface area contributed by atoms with Crippen molar-refractivity contribution in [3.8, 4) is 0 Å². The summed E-state index contributed by atoms with van der Waals surface area (Å²) in [5.41, 5.74) is 0. The van der Waals surface area contributed by atoms with Gasteiger partial charge < -0.3 is 19.3 Å². The van der Waals surface area contributed by atoms with Crippen molar-refractivity contribution in [2.75, 3.05) is 0 Å². The van der Waals surface area contributed by atoms with E-state index < -0.39 is 12.1 Å². The molecule has 2 rings (SSSR count). The molecule has 0 heterocycles. The van der Waals surface area contributed by atoms with Crippen LogP contribution in [0.2, 0.25) is 0 Å². The summed E-state index contributed by atoms with van der Waals surface area (Å²) in [6.45, 7) is 0. The third kappa shape index (κ3) is 7.65. The van der Waals surface area contributed by atoms with Crippen LogP contribution < -0.4 is 0 Å². The van der Waals surface area contributed by atoms with E-state index in [1.54, 1.807) is 0 Å². The largest absolute Gasteiger partial charge is 0.481 e. The lowest BCUT2D eigenvalue weighted by Crippen LogP contribution is -2.27. The molecule has 2 saturated carbocycles. The summed E-state index contributed by atoms with van der Waals surface area (Å²) >= 11 is 0. The van der Waals surface area contributed by atoms with E-state index in [0.29, 0.717) is 18.8 Å². The van der Waals surface area contributed by atoms with E-state index in [1.165, 1.54) is 32.1 Å². The van der Waals surface area contributed by atoms with Crippen molar-refractivity contribution in [3.05, 3.63) is 12.2 Å². The Morgan fingerprint density at radius 3 is 2.71 bits per heavy atom. The molecule has 7 heteroatoms. The SMILES string of the molecule is [3H]PO[C@@H]1C[C@H](O)[C@H](C/C=C\CCCC(=O)O)[C@H]1CC[C@@H](OP)C1CCCCC1. The van der Waals surface area contributed by atoms with Crippen LogP contribution in [-0.4, -0.2) is 35.8 Å². The zero-order valence-electron chi connectivity index (χ0n) is 17.8. The summed E-state index contributed by atoms with van der Waals surface area (Å²) in [7, 11) is 2.14. The highest BCUT2D eigenvalue weighted by atomic mass is 31.0.